The van der Waals surface area contributed by atoms with E-state index in [-0.39, 0.29) is 0 Å². The normalized spacial score (nSPS) is 20.5. The van der Waals surface area contributed by atoms with Gasteiger partial charge in [-0.2, -0.15) is 4.31 Å². The van der Waals surface area contributed by atoms with E-state index in [2.05, 4.69) is 0 Å². The van der Waals surface area contributed by atoms with Crippen molar-refractivity contribution < 1.29 is 12.8 Å². The Kier molecular flexibility index (Phi) is 2.62. The van der Waals surface area contributed by atoms with Gasteiger partial charge in [-0.1, -0.05) is 12.2 Å². The number of nitrogens with zero attached hydrogens (tertiary/aromatic N) is 1. The minimum atomic E-state index is -3.61. The summed E-state index contributed by atoms with van der Waals surface area (Å²) in [4.78, 5) is 0. The summed E-state index contributed by atoms with van der Waals surface area (Å²) in [6, 6.07) is -1.29. The molecule has 1 aliphatic rings. The molecule has 0 bridgehead atoms. The lowest BCUT2D eigenvalue weighted by atomic mass is 10.3. The van der Waals surface area contributed by atoms with E-state index >= 15 is 0 Å². The summed E-state index contributed by atoms with van der Waals surface area (Å²) in [6.07, 6.45) is 4.31. The summed E-state index contributed by atoms with van der Waals surface area (Å²) in [6.45, 7) is 0.717. The van der Waals surface area contributed by atoms with Gasteiger partial charge in [0.1, 0.15) is 0 Å². The van der Waals surface area contributed by atoms with Gasteiger partial charge in [0.15, 0.2) is 0 Å². The van der Waals surface area contributed by atoms with Crippen LogP contribution in [0.1, 0.15) is 6.42 Å². The second-order valence-electron chi connectivity index (χ2n) is 2.34. The van der Waals surface area contributed by atoms with Crippen LogP contribution in [0, 0.1) is 0 Å². The van der Waals surface area contributed by atoms with Crippen LogP contribution in [0.4, 0.5) is 4.39 Å². The van der Waals surface area contributed by atoms with Gasteiger partial charge >= 0.3 is 0 Å². The van der Waals surface area contributed by atoms with E-state index in [1.165, 1.54) is 0 Å². The van der Waals surface area contributed by atoms with Gasteiger partial charge in [0.2, 0.25) is 16.0 Å². The predicted octanol–water partition coefficient (Wildman–Crippen LogP) is 0.505. The predicted molar refractivity (Wildman–Crippen MR) is 40.2 cm³/mol. The SMILES string of the molecule is O=S(=O)(CF)N1CC=CCC1. The second-order valence-corrected chi connectivity index (χ2v) is 4.24. The molecule has 0 amide bonds. The molecule has 1 heterocycles. The monoisotopic (exact) mass is 179 g/mol. The van der Waals surface area contributed by atoms with Crippen molar-refractivity contribution in [3.8, 4) is 0 Å². The van der Waals surface area contributed by atoms with Crippen LogP contribution < -0.4 is 0 Å². The first kappa shape index (κ1) is 8.67. The third-order valence-electron chi connectivity index (χ3n) is 1.55. The Morgan fingerprint density at radius 2 is 2.18 bits per heavy atom. The molecule has 0 saturated carbocycles. The maximum absolute atomic E-state index is 11.9. The van der Waals surface area contributed by atoms with E-state index in [4.69, 9.17) is 0 Å². The molecule has 0 spiro atoms. The maximum atomic E-state index is 11.9. The molecule has 0 atom stereocenters. The molecule has 0 aromatic heterocycles. The smallest absolute Gasteiger partial charge is 0.232 e. The number of rotatable bonds is 2. The van der Waals surface area contributed by atoms with Crippen molar-refractivity contribution in [3.63, 3.8) is 0 Å². The quantitative estimate of drug-likeness (QED) is 0.579. The molecule has 0 radical (unpaired) electrons. The fourth-order valence-electron chi connectivity index (χ4n) is 0.941. The second kappa shape index (κ2) is 3.32. The molecule has 0 aliphatic carbocycles. The Balaban J connectivity index is 2.68. The Hall–Kier alpha value is -0.420. The van der Waals surface area contributed by atoms with Gasteiger partial charge in [-0.05, 0) is 6.42 Å². The first-order valence-electron chi connectivity index (χ1n) is 3.35. The van der Waals surface area contributed by atoms with Crippen LogP contribution in [0.25, 0.3) is 0 Å². The average molecular weight is 179 g/mol. The zero-order valence-electron chi connectivity index (χ0n) is 6.03. The molecule has 5 heteroatoms. The molecule has 0 aromatic carbocycles. The molecule has 0 aromatic rings. The van der Waals surface area contributed by atoms with E-state index < -0.39 is 16.0 Å². The van der Waals surface area contributed by atoms with Gasteiger partial charge in [0.05, 0.1) is 0 Å². The van der Waals surface area contributed by atoms with Gasteiger partial charge in [-0.3, -0.25) is 0 Å². The lowest BCUT2D eigenvalue weighted by Gasteiger charge is -2.20. The van der Waals surface area contributed by atoms with Crippen molar-refractivity contribution in [1.82, 2.24) is 4.31 Å². The molecule has 0 fully saturated rings. The maximum Gasteiger partial charge on any atom is 0.243 e. The molecule has 1 aliphatic heterocycles. The number of hydrogen-bond donors (Lipinski definition) is 0. The number of sulfonamides is 1. The summed E-state index contributed by atoms with van der Waals surface area (Å²) < 4.78 is 34.8. The Morgan fingerprint density at radius 1 is 1.45 bits per heavy atom. The molecule has 11 heavy (non-hydrogen) atoms. The molecular weight excluding hydrogens is 169 g/mol. The largest absolute Gasteiger partial charge is 0.243 e. The van der Waals surface area contributed by atoms with Crippen molar-refractivity contribution in [2.24, 2.45) is 0 Å². The van der Waals surface area contributed by atoms with Crippen molar-refractivity contribution in [1.29, 1.82) is 0 Å². The van der Waals surface area contributed by atoms with Gasteiger partial charge < -0.3 is 0 Å². The standard InChI is InChI=1S/C6H10FNO2S/c7-6-11(9,10)8-4-2-1-3-5-8/h1-2H,3-6H2. The van der Waals surface area contributed by atoms with E-state index in [0.29, 0.717) is 19.5 Å². The average Bonchev–Trinajstić information content (AvgIpc) is 2.06. The molecule has 3 nitrogen and oxygen atoms in total. The summed E-state index contributed by atoms with van der Waals surface area (Å²) in [5.74, 6) is 0. The van der Waals surface area contributed by atoms with E-state index in [0.717, 1.165) is 4.31 Å². The summed E-state index contributed by atoms with van der Waals surface area (Å²) >= 11 is 0. The fraction of sp³-hybridized carbons (Fsp3) is 0.667. The van der Waals surface area contributed by atoms with Crippen LogP contribution >= 0.6 is 0 Å². The molecule has 0 saturated heterocycles. The van der Waals surface area contributed by atoms with Crippen LogP contribution in [0.5, 0.6) is 0 Å². The van der Waals surface area contributed by atoms with Crippen LogP contribution in [-0.2, 0) is 10.0 Å². The van der Waals surface area contributed by atoms with Crippen molar-refractivity contribution in [2.45, 2.75) is 6.42 Å². The van der Waals surface area contributed by atoms with Crippen LogP contribution in [0.15, 0.2) is 12.2 Å². The lowest BCUT2D eigenvalue weighted by Crippen LogP contribution is -2.34. The fourth-order valence-corrected chi connectivity index (χ4v) is 1.78. The van der Waals surface area contributed by atoms with E-state index in [1.54, 1.807) is 6.08 Å². The molecular formula is C6H10FNO2S. The highest BCUT2D eigenvalue weighted by Crippen LogP contribution is 2.07. The van der Waals surface area contributed by atoms with E-state index in [9.17, 15) is 12.8 Å². The third-order valence-corrected chi connectivity index (χ3v) is 2.95. The molecule has 64 valence electrons. The van der Waals surface area contributed by atoms with Gasteiger partial charge in [-0.25, -0.2) is 12.8 Å². The Morgan fingerprint density at radius 3 is 2.64 bits per heavy atom. The lowest BCUT2D eigenvalue weighted by molar-refractivity contribution is 0.418. The number of alkyl halides is 1. The minimum absolute atomic E-state index is 0.312. The first-order valence-corrected chi connectivity index (χ1v) is 4.96. The van der Waals surface area contributed by atoms with Crippen LogP contribution in [-0.4, -0.2) is 31.8 Å². The molecule has 0 N–H and O–H groups in total. The zero-order valence-corrected chi connectivity index (χ0v) is 6.85. The van der Waals surface area contributed by atoms with E-state index in [1.807, 2.05) is 6.08 Å². The van der Waals surface area contributed by atoms with Crippen molar-refractivity contribution in [3.05, 3.63) is 12.2 Å². The third kappa shape index (κ3) is 2.00. The highest BCUT2D eigenvalue weighted by molar-refractivity contribution is 7.88. The van der Waals surface area contributed by atoms with Crippen molar-refractivity contribution >= 4 is 10.0 Å². The highest BCUT2D eigenvalue weighted by atomic mass is 32.2. The number of halogens is 1. The highest BCUT2D eigenvalue weighted by Gasteiger charge is 2.20. The molecule has 0 unspecified atom stereocenters. The van der Waals surface area contributed by atoms with Crippen LogP contribution in [0.3, 0.4) is 0 Å². The Bertz CT molecular complexity index is 247. The summed E-state index contributed by atoms with van der Waals surface area (Å²) in [7, 11) is -3.61. The van der Waals surface area contributed by atoms with Crippen molar-refractivity contribution in [2.75, 3.05) is 19.1 Å². The van der Waals surface area contributed by atoms with Gasteiger partial charge in [0.25, 0.3) is 0 Å². The summed E-state index contributed by atoms with van der Waals surface area (Å²) in [5.41, 5.74) is 0. The minimum Gasteiger partial charge on any atom is -0.232 e. The number of hydrogen-bond acceptors (Lipinski definition) is 2. The Labute approximate surface area is 65.6 Å². The summed E-state index contributed by atoms with van der Waals surface area (Å²) in [5, 5.41) is 0. The molecule has 1 rings (SSSR count). The first-order chi connectivity index (χ1) is 5.17. The van der Waals surface area contributed by atoms with Gasteiger partial charge in [0, 0.05) is 13.1 Å². The van der Waals surface area contributed by atoms with Gasteiger partial charge in [-0.15, -0.1) is 0 Å². The van der Waals surface area contributed by atoms with Crippen LogP contribution in [0.2, 0.25) is 0 Å². The zero-order chi connectivity index (χ0) is 8.32. The topological polar surface area (TPSA) is 37.4 Å².